The minimum atomic E-state index is -0.585. The fraction of sp³-hybridized carbons (Fsp3) is 0.300. The zero-order valence-electron chi connectivity index (χ0n) is 9.02. The van der Waals surface area contributed by atoms with Crippen LogP contribution in [0.1, 0.15) is 6.42 Å². The number of carbonyl (C=O) groups is 2. The van der Waals surface area contributed by atoms with Crippen LogP contribution in [0.4, 0.5) is 5.69 Å². The van der Waals surface area contributed by atoms with Crippen LogP contribution in [0.15, 0.2) is 18.3 Å². The molecule has 1 rings (SSSR count). The van der Waals surface area contributed by atoms with Gasteiger partial charge in [0.2, 0.25) is 11.8 Å². The Morgan fingerprint density at radius 1 is 1.44 bits per heavy atom. The first-order valence-electron chi connectivity index (χ1n) is 4.52. The Morgan fingerprint density at radius 3 is 2.81 bits per heavy atom. The van der Waals surface area contributed by atoms with Crippen molar-refractivity contribution in [3.8, 4) is 5.88 Å². The van der Waals surface area contributed by atoms with Crippen LogP contribution in [0, 0.1) is 0 Å². The third-order valence-electron chi connectivity index (χ3n) is 1.76. The van der Waals surface area contributed by atoms with Crippen LogP contribution in [-0.4, -0.2) is 31.1 Å². The molecule has 86 valence electrons. The first-order chi connectivity index (χ1) is 7.65. The van der Waals surface area contributed by atoms with E-state index in [2.05, 4.69) is 15.0 Å². The van der Waals surface area contributed by atoms with E-state index in [0.717, 1.165) is 0 Å². The van der Waals surface area contributed by atoms with Gasteiger partial charge in [-0.3, -0.25) is 9.59 Å². The molecule has 6 heteroatoms. The Bertz CT molecular complexity index is 392. The number of amides is 1. The first kappa shape index (κ1) is 12.0. The second-order valence-electron chi connectivity index (χ2n) is 2.89. The van der Waals surface area contributed by atoms with E-state index in [-0.39, 0.29) is 6.42 Å². The van der Waals surface area contributed by atoms with Crippen molar-refractivity contribution < 1.29 is 19.1 Å². The molecule has 1 amide bonds. The van der Waals surface area contributed by atoms with Crippen molar-refractivity contribution in [2.24, 2.45) is 0 Å². The Kier molecular flexibility index (Phi) is 4.26. The summed E-state index contributed by atoms with van der Waals surface area (Å²) in [5.74, 6) is -0.644. The van der Waals surface area contributed by atoms with E-state index in [9.17, 15) is 9.59 Å². The monoisotopic (exact) mass is 224 g/mol. The summed E-state index contributed by atoms with van der Waals surface area (Å²) in [6, 6.07) is 3.15. The molecule has 16 heavy (non-hydrogen) atoms. The number of anilines is 1. The molecule has 0 radical (unpaired) electrons. The van der Waals surface area contributed by atoms with Crippen molar-refractivity contribution in [3.63, 3.8) is 0 Å². The van der Waals surface area contributed by atoms with Gasteiger partial charge < -0.3 is 14.8 Å². The van der Waals surface area contributed by atoms with Crippen LogP contribution in [0.5, 0.6) is 5.88 Å². The lowest BCUT2D eigenvalue weighted by molar-refractivity contribution is -0.142. The summed E-state index contributed by atoms with van der Waals surface area (Å²) in [4.78, 5) is 26.0. The highest BCUT2D eigenvalue weighted by molar-refractivity contribution is 6.01. The van der Waals surface area contributed by atoms with Crippen molar-refractivity contribution in [3.05, 3.63) is 18.3 Å². The van der Waals surface area contributed by atoms with Crippen LogP contribution in [0.3, 0.4) is 0 Å². The van der Waals surface area contributed by atoms with Gasteiger partial charge in [-0.15, -0.1) is 0 Å². The number of esters is 1. The molecule has 0 spiro atoms. The molecule has 1 aromatic rings. The summed E-state index contributed by atoms with van der Waals surface area (Å²) >= 11 is 0. The predicted molar refractivity (Wildman–Crippen MR) is 56.1 cm³/mol. The third kappa shape index (κ3) is 3.56. The highest BCUT2D eigenvalue weighted by Crippen LogP contribution is 2.13. The fourth-order valence-corrected chi connectivity index (χ4v) is 1.01. The largest absolute Gasteiger partial charge is 0.481 e. The molecule has 0 aliphatic heterocycles. The smallest absolute Gasteiger partial charge is 0.315 e. The van der Waals surface area contributed by atoms with Crippen molar-refractivity contribution >= 4 is 17.6 Å². The maximum Gasteiger partial charge on any atom is 0.315 e. The maximum absolute atomic E-state index is 11.3. The molecule has 0 aliphatic rings. The SMILES string of the molecule is COC(=O)CC(=O)Nc1ccnc(OC)c1. The standard InChI is InChI=1S/C10H12N2O4/c1-15-9-5-7(3-4-11-9)12-8(13)6-10(14)16-2/h3-5H,6H2,1-2H3,(H,11,12,13). The topological polar surface area (TPSA) is 77.5 Å². The number of pyridine rings is 1. The molecular weight excluding hydrogens is 212 g/mol. The quantitative estimate of drug-likeness (QED) is 0.598. The molecule has 0 bridgehead atoms. The molecule has 0 saturated carbocycles. The Morgan fingerprint density at radius 2 is 2.19 bits per heavy atom. The Balaban J connectivity index is 2.59. The third-order valence-corrected chi connectivity index (χ3v) is 1.76. The molecular formula is C10H12N2O4. The average molecular weight is 224 g/mol. The Hall–Kier alpha value is -2.11. The molecule has 1 heterocycles. The highest BCUT2D eigenvalue weighted by Gasteiger charge is 2.09. The number of hydrogen-bond donors (Lipinski definition) is 1. The van der Waals surface area contributed by atoms with Gasteiger partial charge in [-0.2, -0.15) is 0 Å². The van der Waals surface area contributed by atoms with E-state index in [1.165, 1.54) is 20.4 Å². The van der Waals surface area contributed by atoms with Crippen LogP contribution >= 0.6 is 0 Å². The lowest BCUT2D eigenvalue weighted by Gasteiger charge is -2.05. The summed E-state index contributed by atoms with van der Waals surface area (Å²) < 4.78 is 9.25. The summed E-state index contributed by atoms with van der Waals surface area (Å²) in [6.45, 7) is 0. The minimum absolute atomic E-state index is 0.318. The summed E-state index contributed by atoms with van der Waals surface area (Å²) in [7, 11) is 2.70. The van der Waals surface area contributed by atoms with Gasteiger partial charge >= 0.3 is 5.97 Å². The van der Waals surface area contributed by atoms with Crippen LogP contribution < -0.4 is 10.1 Å². The molecule has 0 aliphatic carbocycles. The molecule has 0 aromatic carbocycles. The predicted octanol–water partition coefficient (Wildman–Crippen LogP) is 0.592. The lowest BCUT2D eigenvalue weighted by atomic mass is 10.3. The zero-order valence-corrected chi connectivity index (χ0v) is 9.02. The minimum Gasteiger partial charge on any atom is -0.481 e. The second kappa shape index (κ2) is 5.69. The molecule has 0 fully saturated rings. The van der Waals surface area contributed by atoms with E-state index in [1.807, 2.05) is 0 Å². The van der Waals surface area contributed by atoms with Crippen LogP contribution in [-0.2, 0) is 14.3 Å². The number of ether oxygens (including phenoxy) is 2. The summed E-state index contributed by atoms with van der Waals surface area (Å²) in [6.07, 6.45) is 1.17. The second-order valence-corrected chi connectivity index (χ2v) is 2.89. The molecule has 1 aromatic heterocycles. The van der Waals surface area contributed by atoms with E-state index in [4.69, 9.17) is 4.74 Å². The van der Waals surface area contributed by atoms with E-state index in [1.54, 1.807) is 12.1 Å². The molecule has 0 unspecified atom stereocenters. The van der Waals surface area contributed by atoms with Gasteiger partial charge in [0.15, 0.2) is 0 Å². The van der Waals surface area contributed by atoms with Crippen molar-refractivity contribution in [2.45, 2.75) is 6.42 Å². The zero-order chi connectivity index (χ0) is 12.0. The summed E-state index contributed by atoms with van der Waals surface area (Å²) in [5.41, 5.74) is 0.515. The van der Waals surface area contributed by atoms with Gasteiger partial charge in [-0.05, 0) is 6.07 Å². The van der Waals surface area contributed by atoms with E-state index >= 15 is 0 Å². The Labute approximate surface area is 92.6 Å². The molecule has 0 atom stereocenters. The van der Waals surface area contributed by atoms with E-state index < -0.39 is 11.9 Å². The van der Waals surface area contributed by atoms with Gasteiger partial charge in [0.05, 0.1) is 14.2 Å². The number of aromatic nitrogens is 1. The maximum atomic E-state index is 11.3. The molecule has 1 N–H and O–H groups in total. The molecule has 0 saturated heterocycles. The molecule has 6 nitrogen and oxygen atoms in total. The van der Waals surface area contributed by atoms with Gasteiger partial charge in [0.1, 0.15) is 6.42 Å². The lowest BCUT2D eigenvalue weighted by Crippen LogP contribution is -2.17. The number of nitrogens with one attached hydrogen (secondary N) is 1. The van der Waals surface area contributed by atoms with Crippen LogP contribution in [0.25, 0.3) is 0 Å². The fourth-order valence-electron chi connectivity index (χ4n) is 1.01. The van der Waals surface area contributed by atoms with Gasteiger partial charge in [0.25, 0.3) is 0 Å². The number of rotatable bonds is 4. The van der Waals surface area contributed by atoms with Gasteiger partial charge in [-0.25, -0.2) is 4.98 Å². The van der Waals surface area contributed by atoms with Crippen molar-refractivity contribution in [1.29, 1.82) is 0 Å². The van der Waals surface area contributed by atoms with Gasteiger partial charge in [-0.1, -0.05) is 0 Å². The normalized spacial score (nSPS) is 9.38. The van der Waals surface area contributed by atoms with Crippen LogP contribution in [0.2, 0.25) is 0 Å². The number of methoxy groups -OCH3 is 2. The number of hydrogen-bond acceptors (Lipinski definition) is 5. The first-order valence-corrected chi connectivity index (χ1v) is 4.52. The van der Waals surface area contributed by atoms with Crippen molar-refractivity contribution in [2.75, 3.05) is 19.5 Å². The highest BCUT2D eigenvalue weighted by atomic mass is 16.5. The number of nitrogens with zero attached hydrogens (tertiary/aromatic N) is 1. The average Bonchev–Trinajstić information content (AvgIpc) is 2.28. The van der Waals surface area contributed by atoms with Gasteiger partial charge in [0, 0.05) is 18.0 Å². The van der Waals surface area contributed by atoms with E-state index in [0.29, 0.717) is 11.6 Å². The summed E-state index contributed by atoms with van der Waals surface area (Å²) in [5, 5.41) is 2.52. The number of carbonyl (C=O) groups excluding carboxylic acids is 2. The van der Waals surface area contributed by atoms with Crippen molar-refractivity contribution in [1.82, 2.24) is 4.98 Å².